The molecule has 0 saturated carbocycles. The van der Waals surface area contributed by atoms with Crippen molar-refractivity contribution in [3.8, 4) is 17.2 Å². The van der Waals surface area contributed by atoms with Crippen LogP contribution in [0, 0.1) is 27.7 Å². The number of fused-ring (bicyclic) bond motifs is 2. The monoisotopic (exact) mass is 416 g/mol. The van der Waals surface area contributed by atoms with Crippen molar-refractivity contribution < 1.29 is 14.2 Å². The molecule has 2 aliphatic rings. The molecular weight excluding hydrogens is 384 g/mol. The SMILES string of the molecule is CC.CC.Cc1sc(C)c2c1OCCO2.Cc1sc(C)c2c1OCCS2. The zero-order valence-electron chi connectivity index (χ0n) is 17.3. The third-order valence-corrected chi connectivity index (χ3v) is 6.72. The molecular formula is C20H32O3S3. The average Bonchev–Trinajstić information content (AvgIpc) is 3.15. The minimum atomic E-state index is 0.685. The first-order valence-electron chi connectivity index (χ1n) is 9.29. The zero-order valence-corrected chi connectivity index (χ0v) is 19.7. The molecule has 4 heterocycles. The van der Waals surface area contributed by atoms with E-state index in [2.05, 4.69) is 27.7 Å². The highest BCUT2D eigenvalue weighted by Gasteiger charge is 2.19. The highest BCUT2D eigenvalue weighted by atomic mass is 32.2. The number of thiophene rings is 2. The molecule has 0 spiro atoms. The van der Waals surface area contributed by atoms with Gasteiger partial charge in [0.25, 0.3) is 0 Å². The van der Waals surface area contributed by atoms with E-state index in [9.17, 15) is 0 Å². The van der Waals surface area contributed by atoms with E-state index in [1.54, 1.807) is 11.3 Å². The molecule has 0 amide bonds. The second-order valence-corrected chi connectivity index (χ2v) is 9.10. The fraction of sp³-hybridized carbons (Fsp3) is 0.600. The van der Waals surface area contributed by atoms with Crippen LogP contribution in [0.1, 0.15) is 47.2 Å². The quantitative estimate of drug-likeness (QED) is 0.460. The van der Waals surface area contributed by atoms with Gasteiger partial charge in [0.1, 0.15) is 19.0 Å². The van der Waals surface area contributed by atoms with Gasteiger partial charge in [-0.3, -0.25) is 0 Å². The van der Waals surface area contributed by atoms with Crippen molar-refractivity contribution >= 4 is 34.4 Å². The molecule has 4 rings (SSSR count). The van der Waals surface area contributed by atoms with Crippen LogP contribution in [0.3, 0.4) is 0 Å². The molecule has 6 heteroatoms. The molecule has 0 aromatic carbocycles. The largest absolute Gasteiger partial charge is 0.490 e. The number of hydrogen-bond acceptors (Lipinski definition) is 6. The Kier molecular flexibility index (Phi) is 10.5. The van der Waals surface area contributed by atoms with Crippen molar-refractivity contribution in [1.29, 1.82) is 0 Å². The maximum absolute atomic E-state index is 5.56. The number of aryl methyl sites for hydroxylation is 4. The summed E-state index contributed by atoms with van der Waals surface area (Å²) in [5.41, 5.74) is 0. The van der Waals surface area contributed by atoms with E-state index >= 15 is 0 Å². The minimum Gasteiger partial charge on any atom is -0.490 e. The smallest absolute Gasteiger partial charge is 0.175 e. The lowest BCUT2D eigenvalue weighted by Crippen LogP contribution is -2.14. The Morgan fingerprint density at radius 1 is 0.577 bits per heavy atom. The van der Waals surface area contributed by atoms with Gasteiger partial charge < -0.3 is 14.2 Å². The van der Waals surface area contributed by atoms with Crippen molar-refractivity contribution in [1.82, 2.24) is 0 Å². The maximum Gasteiger partial charge on any atom is 0.175 e. The van der Waals surface area contributed by atoms with Gasteiger partial charge in [0.2, 0.25) is 0 Å². The first-order valence-corrected chi connectivity index (χ1v) is 11.9. The number of thioether (sulfide) groups is 1. The summed E-state index contributed by atoms with van der Waals surface area (Å²) in [4.78, 5) is 6.54. The van der Waals surface area contributed by atoms with E-state index in [4.69, 9.17) is 14.2 Å². The van der Waals surface area contributed by atoms with Gasteiger partial charge in [-0.25, -0.2) is 0 Å². The Bertz CT molecular complexity index is 563. The summed E-state index contributed by atoms with van der Waals surface area (Å²) in [5, 5.41) is 0. The van der Waals surface area contributed by atoms with Crippen LogP contribution >= 0.6 is 34.4 Å². The molecule has 0 radical (unpaired) electrons. The molecule has 2 aromatic rings. The number of rotatable bonds is 0. The molecule has 0 bridgehead atoms. The molecule has 0 atom stereocenters. The highest BCUT2D eigenvalue weighted by molar-refractivity contribution is 7.99. The molecule has 0 aliphatic carbocycles. The van der Waals surface area contributed by atoms with E-state index in [1.807, 2.05) is 50.8 Å². The molecule has 2 aromatic heterocycles. The second-order valence-electron chi connectivity index (χ2n) is 5.14. The van der Waals surface area contributed by atoms with Crippen molar-refractivity contribution in [2.45, 2.75) is 60.3 Å². The number of hydrogen-bond donors (Lipinski definition) is 0. The lowest BCUT2D eigenvalue weighted by atomic mass is 10.3. The van der Waals surface area contributed by atoms with Crippen molar-refractivity contribution in [3.05, 3.63) is 19.5 Å². The molecule has 0 fully saturated rings. The van der Waals surface area contributed by atoms with Crippen LogP contribution in [0.4, 0.5) is 0 Å². The Morgan fingerprint density at radius 2 is 1.00 bits per heavy atom. The standard InChI is InChI=1S/C8H10O2S.C8H10OS2.2C2H6/c2*1-5-7-8(6(2)11-5)10-4-3-9-7;2*1-2/h2*3-4H2,1-2H3;2*1-2H3. The Balaban J connectivity index is 0.000000219. The summed E-state index contributed by atoms with van der Waals surface area (Å²) in [5.74, 6) is 4.16. The van der Waals surface area contributed by atoms with Gasteiger partial charge in [-0.1, -0.05) is 27.7 Å². The van der Waals surface area contributed by atoms with Crippen LogP contribution in [0.5, 0.6) is 17.2 Å². The Morgan fingerprint density at radius 3 is 1.50 bits per heavy atom. The molecule has 26 heavy (non-hydrogen) atoms. The predicted molar refractivity (Wildman–Crippen MR) is 117 cm³/mol. The van der Waals surface area contributed by atoms with E-state index in [0.29, 0.717) is 13.2 Å². The van der Waals surface area contributed by atoms with Gasteiger partial charge >= 0.3 is 0 Å². The minimum absolute atomic E-state index is 0.685. The molecule has 0 N–H and O–H groups in total. The van der Waals surface area contributed by atoms with Crippen LogP contribution in [0.15, 0.2) is 4.90 Å². The van der Waals surface area contributed by atoms with Crippen molar-refractivity contribution in [2.24, 2.45) is 0 Å². The maximum atomic E-state index is 5.56. The topological polar surface area (TPSA) is 27.7 Å². The van der Waals surface area contributed by atoms with Crippen LogP contribution in [-0.2, 0) is 0 Å². The summed E-state index contributed by atoms with van der Waals surface area (Å²) in [6.45, 7) is 18.7. The molecule has 0 saturated heterocycles. The fourth-order valence-electron chi connectivity index (χ4n) is 2.53. The van der Waals surface area contributed by atoms with E-state index in [1.165, 1.54) is 24.4 Å². The van der Waals surface area contributed by atoms with Gasteiger partial charge in [-0.05, 0) is 27.7 Å². The van der Waals surface area contributed by atoms with Gasteiger partial charge in [0.05, 0.1) is 11.5 Å². The molecule has 0 unspecified atom stereocenters. The van der Waals surface area contributed by atoms with Crippen LogP contribution in [0.25, 0.3) is 0 Å². The average molecular weight is 417 g/mol. The van der Waals surface area contributed by atoms with Crippen LogP contribution < -0.4 is 14.2 Å². The molecule has 3 nitrogen and oxygen atoms in total. The van der Waals surface area contributed by atoms with Crippen LogP contribution in [0.2, 0.25) is 0 Å². The van der Waals surface area contributed by atoms with Gasteiger partial charge in [0.15, 0.2) is 11.5 Å². The van der Waals surface area contributed by atoms with Gasteiger partial charge in [-0.15, -0.1) is 34.4 Å². The van der Waals surface area contributed by atoms with Gasteiger partial charge in [0, 0.05) is 25.3 Å². The molecule has 148 valence electrons. The fourth-order valence-corrected chi connectivity index (χ4v) is 5.66. The second kappa shape index (κ2) is 11.8. The first kappa shape index (κ1) is 23.2. The van der Waals surface area contributed by atoms with E-state index < -0.39 is 0 Å². The lowest BCUT2D eigenvalue weighted by Gasteiger charge is -2.15. The Hall–Kier alpha value is -0.850. The van der Waals surface area contributed by atoms with Crippen LogP contribution in [-0.4, -0.2) is 25.6 Å². The molecule has 2 aliphatic heterocycles. The summed E-state index contributed by atoms with van der Waals surface area (Å²) < 4.78 is 16.5. The van der Waals surface area contributed by atoms with Gasteiger partial charge in [-0.2, -0.15) is 0 Å². The van der Waals surface area contributed by atoms with E-state index in [0.717, 1.165) is 29.6 Å². The summed E-state index contributed by atoms with van der Waals surface area (Å²) in [6.07, 6.45) is 0. The highest BCUT2D eigenvalue weighted by Crippen LogP contribution is 2.44. The number of ether oxygens (including phenoxy) is 3. The summed E-state index contributed by atoms with van der Waals surface area (Å²) in [6, 6.07) is 0. The lowest BCUT2D eigenvalue weighted by molar-refractivity contribution is 0.171. The van der Waals surface area contributed by atoms with E-state index in [-0.39, 0.29) is 0 Å². The Labute approximate surface area is 171 Å². The zero-order chi connectivity index (χ0) is 19.7. The first-order chi connectivity index (χ1) is 12.6. The third-order valence-electron chi connectivity index (χ3n) is 3.46. The summed E-state index contributed by atoms with van der Waals surface area (Å²) >= 11 is 5.50. The normalized spacial score (nSPS) is 13.5. The van der Waals surface area contributed by atoms with Crippen molar-refractivity contribution in [3.63, 3.8) is 0 Å². The predicted octanol–water partition coefficient (Wildman–Crippen LogP) is 7.04. The third kappa shape index (κ3) is 5.57. The van der Waals surface area contributed by atoms with Crippen molar-refractivity contribution in [2.75, 3.05) is 25.6 Å². The summed E-state index contributed by atoms with van der Waals surface area (Å²) in [7, 11) is 0.